The van der Waals surface area contributed by atoms with Crippen LogP contribution in [0.4, 0.5) is 10.3 Å². The summed E-state index contributed by atoms with van der Waals surface area (Å²) in [6, 6.07) is 4.65. The minimum Gasteiger partial charge on any atom is -0.494 e. The Labute approximate surface area is 105 Å². The van der Waals surface area contributed by atoms with Crippen molar-refractivity contribution in [1.29, 1.82) is 0 Å². The fourth-order valence-electron chi connectivity index (χ4n) is 1.60. The van der Waals surface area contributed by atoms with Gasteiger partial charge in [0.1, 0.15) is 0 Å². The van der Waals surface area contributed by atoms with E-state index in [-0.39, 0.29) is 11.6 Å². The number of imidazole rings is 1. The van der Waals surface area contributed by atoms with Gasteiger partial charge in [0.25, 0.3) is 0 Å². The van der Waals surface area contributed by atoms with Crippen LogP contribution in [0.25, 0.3) is 5.69 Å². The summed E-state index contributed by atoms with van der Waals surface area (Å²) < 4.78 is 20.1. The van der Waals surface area contributed by atoms with Crippen LogP contribution in [0, 0.1) is 5.82 Å². The molecule has 0 amide bonds. The van der Waals surface area contributed by atoms with Crippen molar-refractivity contribution in [2.75, 3.05) is 19.0 Å². The summed E-state index contributed by atoms with van der Waals surface area (Å²) in [6.07, 6.45) is 5.20. The predicted octanol–water partition coefficient (Wildman–Crippen LogP) is 2.62. The summed E-state index contributed by atoms with van der Waals surface area (Å²) in [5.41, 5.74) is 0.775. The normalized spacial score (nSPS) is 10.1. The number of aromatic nitrogens is 2. The van der Waals surface area contributed by atoms with Gasteiger partial charge in [0.2, 0.25) is 5.95 Å². The highest BCUT2D eigenvalue weighted by molar-refractivity contribution is 5.46. The van der Waals surface area contributed by atoms with Crippen molar-refractivity contribution < 1.29 is 9.13 Å². The van der Waals surface area contributed by atoms with Gasteiger partial charge in [-0.3, -0.25) is 4.57 Å². The van der Waals surface area contributed by atoms with E-state index >= 15 is 0 Å². The molecule has 0 saturated carbocycles. The van der Waals surface area contributed by atoms with Crippen LogP contribution in [0.2, 0.25) is 0 Å². The maximum atomic E-state index is 13.3. The van der Waals surface area contributed by atoms with Gasteiger partial charge in [-0.15, -0.1) is 6.58 Å². The second-order valence-electron chi connectivity index (χ2n) is 3.61. The highest BCUT2D eigenvalue weighted by atomic mass is 19.1. The number of anilines is 1. The van der Waals surface area contributed by atoms with Crippen molar-refractivity contribution in [3.63, 3.8) is 0 Å². The third-order valence-corrected chi connectivity index (χ3v) is 2.46. The van der Waals surface area contributed by atoms with Crippen LogP contribution in [0.3, 0.4) is 0 Å². The SMILES string of the molecule is C=CCNc1nccn1-c1ccc(F)c(OC)c1. The Morgan fingerprint density at radius 1 is 1.56 bits per heavy atom. The molecule has 2 aromatic rings. The number of hydrogen-bond donors (Lipinski definition) is 1. The van der Waals surface area contributed by atoms with Gasteiger partial charge in [0, 0.05) is 25.0 Å². The zero-order chi connectivity index (χ0) is 13.0. The van der Waals surface area contributed by atoms with Crippen molar-refractivity contribution >= 4 is 5.95 Å². The second-order valence-corrected chi connectivity index (χ2v) is 3.61. The van der Waals surface area contributed by atoms with Crippen molar-refractivity contribution in [2.45, 2.75) is 0 Å². The second kappa shape index (κ2) is 5.35. The lowest BCUT2D eigenvalue weighted by Crippen LogP contribution is -2.05. The van der Waals surface area contributed by atoms with Gasteiger partial charge in [-0.05, 0) is 12.1 Å². The molecule has 1 aromatic carbocycles. The third-order valence-electron chi connectivity index (χ3n) is 2.46. The number of nitrogens with one attached hydrogen (secondary N) is 1. The zero-order valence-electron chi connectivity index (χ0n) is 10.1. The molecule has 0 aliphatic carbocycles. The van der Waals surface area contributed by atoms with Gasteiger partial charge in [-0.2, -0.15) is 0 Å². The Morgan fingerprint density at radius 3 is 3.11 bits per heavy atom. The average Bonchev–Trinajstić information content (AvgIpc) is 2.85. The number of ether oxygens (including phenoxy) is 1. The van der Waals surface area contributed by atoms with E-state index in [1.54, 1.807) is 30.6 Å². The summed E-state index contributed by atoms with van der Waals surface area (Å²) in [6.45, 7) is 4.24. The highest BCUT2D eigenvalue weighted by Gasteiger charge is 2.08. The first kappa shape index (κ1) is 12.2. The number of nitrogens with zero attached hydrogens (tertiary/aromatic N) is 2. The molecule has 0 saturated heterocycles. The van der Waals surface area contributed by atoms with E-state index in [0.717, 1.165) is 5.69 Å². The maximum absolute atomic E-state index is 13.3. The highest BCUT2D eigenvalue weighted by Crippen LogP contribution is 2.22. The Hall–Kier alpha value is -2.30. The largest absolute Gasteiger partial charge is 0.494 e. The van der Waals surface area contributed by atoms with Gasteiger partial charge in [-0.1, -0.05) is 6.08 Å². The van der Waals surface area contributed by atoms with E-state index in [2.05, 4.69) is 16.9 Å². The molecule has 0 spiro atoms. The summed E-state index contributed by atoms with van der Waals surface area (Å²) in [7, 11) is 1.44. The molecule has 1 N–H and O–H groups in total. The summed E-state index contributed by atoms with van der Waals surface area (Å²) in [5.74, 6) is 0.487. The van der Waals surface area contributed by atoms with Crippen LogP contribution in [0.1, 0.15) is 0 Å². The van der Waals surface area contributed by atoms with Gasteiger partial charge in [0.15, 0.2) is 11.6 Å². The molecule has 5 heteroatoms. The molecule has 0 bridgehead atoms. The topological polar surface area (TPSA) is 39.1 Å². The first-order chi connectivity index (χ1) is 8.76. The van der Waals surface area contributed by atoms with Crippen LogP contribution in [0.15, 0.2) is 43.2 Å². The van der Waals surface area contributed by atoms with Crippen molar-refractivity contribution in [3.05, 3.63) is 49.1 Å². The summed E-state index contributed by atoms with van der Waals surface area (Å²) in [5, 5.41) is 3.09. The number of methoxy groups -OCH3 is 1. The number of hydrogen-bond acceptors (Lipinski definition) is 3. The Morgan fingerprint density at radius 2 is 2.39 bits per heavy atom. The first-order valence-electron chi connectivity index (χ1n) is 5.48. The fourth-order valence-corrected chi connectivity index (χ4v) is 1.60. The van der Waals surface area contributed by atoms with Crippen molar-refractivity contribution in [3.8, 4) is 11.4 Å². The molecular weight excluding hydrogens is 233 g/mol. The molecule has 18 heavy (non-hydrogen) atoms. The quantitative estimate of drug-likeness (QED) is 0.825. The molecule has 94 valence electrons. The Bertz CT molecular complexity index is 551. The van der Waals surface area contributed by atoms with E-state index in [4.69, 9.17) is 4.74 Å². The minimum atomic E-state index is -0.387. The molecule has 1 aromatic heterocycles. The lowest BCUT2D eigenvalue weighted by Gasteiger charge is -2.10. The molecule has 0 atom stereocenters. The molecule has 0 aliphatic rings. The lowest BCUT2D eigenvalue weighted by molar-refractivity contribution is 0.386. The number of halogens is 1. The Balaban J connectivity index is 2.36. The fraction of sp³-hybridized carbons (Fsp3) is 0.154. The van der Waals surface area contributed by atoms with Gasteiger partial charge in [-0.25, -0.2) is 9.37 Å². The van der Waals surface area contributed by atoms with E-state index in [9.17, 15) is 4.39 Å². The van der Waals surface area contributed by atoms with E-state index in [0.29, 0.717) is 12.5 Å². The molecule has 0 radical (unpaired) electrons. The molecule has 2 rings (SSSR count). The van der Waals surface area contributed by atoms with Crippen LogP contribution in [0.5, 0.6) is 5.75 Å². The molecule has 0 unspecified atom stereocenters. The van der Waals surface area contributed by atoms with Crippen LogP contribution in [-0.2, 0) is 0 Å². The number of benzene rings is 1. The van der Waals surface area contributed by atoms with Gasteiger partial charge < -0.3 is 10.1 Å². The van der Waals surface area contributed by atoms with Crippen LogP contribution in [-0.4, -0.2) is 23.2 Å². The molecule has 0 fully saturated rings. The predicted molar refractivity (Wildman–Crippen MR) is 68.8 cm³/mol. The first-order valence-corrected chi connectivity index (χ1v) is 5.48. The van der Waals surface area contributed by atoms with Gasteiger partial charge in [0.05, 0.1) is 12.8 Å². The zero-order valence-corrected chi connectivity index (χ0v) is 10.1. The standard InChI is InChI=1S/C13H14FN3O/c1-3-6-15-13-16-7-8-17(13)10-4-5-11(14)12(9-10)18-2/h3-5,7-9H,1,6H2,2H3,(H,15,16). The molecule has 0 aliphatic heterocycles. The van der Waals surface area contributed by atoms with Crippen molar-refractivity contribution in [1.82, 2.24) is 9.55 Å². The molecule has 4 nitrogen and oxygen atoms in total. The third kappa shape index (κ3) is 2.34. The average molecular weight is 247 g/mol. The van der Waals surface area contributed by atoms with Crippen molar-refractivity contribution in [2.24, 2.45) is 0 Å². The minimum absolute atomic E-state index is 0.205. The van der Waals surface area contributed by atoms with E-state index in [1.807, 2.05) is 4.57 Å². The Kier molecular flexibility index (Phi) is 3.62. The monoisotopic (exact) mass is 247 g/mol. The molecule has 1 heterocycles. The number of rotatable bonds is 5. The maximum Gasteiger partial charge on any atom is 0.207 e. The smallest absolute Gasteiger partial charge is 0.207 e. The summed E-state index contributed by atoms with van der Waals surface area (Å²) in [4.78, 5) is 4.18. The summed E-state index contributed by atoms with van der Waals surface area (Å²) >= 11 is 0. The van der Waals surface area contributed by atoms with Crippen LogP contribution < -0.4 is 10.1 Å². The van der Waals surface area contributed by atoms with E-state index in [1.165, 1.54) is 13.2 Å². The van der Waals surface area contributed by atoms with Crippen LogP contribution >= 0.6 is 0 Å². The van der Waals surface area contributed by atoms with Gasteiger partial charge >= 0.3 is 0 Å². The van der Waals surface area contributed by atoms with E-state index < -0.39 is 0 Å². The lowest BCUT2D eigenvalue weighted by atomic mass is 10.3. The molecular formula is C13H14FN3O.